The molecule has 2 aromatic carbocycles. The molecule has 1 amide bonds. The van der Waals surface area contributed by atoms with Crippen molar-refractivity contribution >= 4 is 22.8 Å². The van der Waals surface area contributed by atoms with Crippen molar-refractivity contribution in [1.29, 1.82) is 0 Å². The Balaban J connectivity index is 1.64. The van der Waals surface area contributed by atoms with Crippen LogP contribution < -0.4 is 15.5 Å². The molecule has 0 radical (unpaired) electrons. The van der Waals surface area contributed by atoms with Gasteiger partial charge < -0.3 is 19.6 Å². The van der Waals surface area contributed by atoms with E-state index < -0.39 is 17.9 Å². The third-order valence-corrected chi connectivity index (χ3v) is 5.56. The van der Waals surface area contributed by atoms with E-state index in [1.165, 1.54) is 12.6 Å². The van der Waals surface area contributed by atoms with Crippen LogP contribution in [0.3, 0.4) is 0 Å². The van der Waals surface area contributed by atoms with Gasteiger partial charge in [-0.1, -0.05) is 32.0 Å². The maximum atomic E-state index is 13.4. The Labute approximate surface area is 200 Å². The third-order valence-electron chi connectivity index (χ3n) is 5.56. The predicted octanol–water partition coefficient (Wildman–Crippen LogP) is 2.96. The molecular weight excluding hydrogens is 452 g/mol. The lowest BCUT2D eigenvalue weighted by Crippen LogP contribution is -2.42. The van der Waals surface area contributed by atoms with Gasteiger partial charge in [0.15, 0.2) is 12.4 Å². The van der Waals surface area contributed by atoms with Crippen LogP contribution in [-0.4, -0.2) is 44.4 Å². The number of ether oxygens (including phenoxy) is 1. The van der Waals surface area contributed by atoms with Gasteiger partial charge in [-0.15, -0.1) is 10.2 Å². The van der Waals surface area contributed by atoms with Crippen LogP contribution in [0.4, 0.5) is 0 Å². The number of nitrogens with one attached hydrogen (secondary N) is 1. The first-order valence-electron chi connectivity index (χ1n) is 11.1. The van der Waals surface area contributed by atoms with Gasteiger partial charge in [0.2, 0.25) is 5.43 Å². The minimum Gasteiger partial charge on any atom is -0.483 e. The van der Waals surface area contributed by atoms with Crippen molar-refractivity contribution in [2.24, 2.45) is 0 Å². The summed E-state index contributed by atoms with van der Waals surface area (Å²) in [5.41, 5.74) is 1.77. The fourth-order valence-electron chi connectivity index (χ4n) is 3.68. The summed E-state index contributed by atoms with van der Waals surface area (Å²) < 4.78 is 13.1. The Morgan fingerprint density at radius 2 is 1.97 bits per heavy atom. The number of para-hydroxylation sites is 1. The van der Waals surface area contributed by atoms with Crippen molar-refractivity contribution in [3.63, 3.8) is 0 Å². The lowest BCUT2D eigenvalue weighted by molar-refractivity contribution is -0.142. The van der Waals surface area contributed by atoms with Gasteiger partial charge >= 0.3 is 5.97 Å². The number of amides is 1. The largest absolute Gasteiger partial charge is 0.483 e. The molecule has 0 spiro atoms. The molecule has 10 nitrogen and oxygen atoms in total. The number of carboxylic acids is 1. The topological polar surface area (TPSA) is 137 Å². The van der Waals surface area contributed by atoms with Crippen LogP contribution in [0.2, 0.25) is 0 Å². The molecule has 180 valence electrons. The van der Waals surface area contributed by atoms with Crippen LogP contribution in [0.15, 0.2) is 64.3 Å². The van der Waals surface area contributed by atoms with Gasteiger partial charge in [0.25, 0.3) is 5.91 Å². The standard InChI is InChI=1S/C25H24N4O6/c1-3-15-10-17-21(11-20(15)35-13-22(30)27-19(4-2)25(32)33)34-12-18(23(17)31)24-28-26-14-29(24)16-8-6-5-7-9-16/h5-12,14,19H,3-4,13H2,1-2H3,(H,27,30)(H,32,33)/t19-/m1/s1. The van der Waals surface area contributed by atoms with Gasteiger partial charge in [0, 0.05) is 11.8 Å². The van der Waals surface area contributed by atoms with Crippen LogP contribution >= 0.6 is 0 Å². The van der Waals surface area contributed by atoms with Crippen LogP contribution in [0, 0.1) is 0 Å². The number of carbonyl (C=O) groups excluding carboxylic acids is 1. The molecule has 0 bridgehead atoms. The number of hydrogen-bond acceptors (Lipinski definition) is 7. The van der Waals surface area contributed by atoms with E-state index in [1.807, 2.05) is 37.3 Å². The normalized spacial score (nSPS) is 11.8. The third kappa shape index (κ3) is 4.91. The number of carboxylic acid groups (broad SMARTS) is 1. The van der Waals surface area contributed by atoms with E-state index in [4.69, 9.17) is 14.3 Å². The summed E-state index contributed by atoms with van der Waals surface area (Å²) in [5.74, 6) is -0.937. The first-order valence-corrected chi connectivity index (χ1v) is 11.1. The molecule has 0 saturated carbocycles. The molecule has 0 fully saturated rings. The van der Waals surface area contributed by atoms with Gasteiger partial charge in [-0.3, -0.25) is 14.2 Å². The molecular formula is C25H24N4O6. The zero-order valence-corrected chi connectivity index (χ0v) is 19.2. The molecule has 4 aromatic rings. The van der Waals surface area contributed by atoms with E-state index in [1.54, 1.807) is 23.6 Å². The number of carbonyl (C=O) groups is 2. The summed E-state index contributed by atoms with van der Waals surface area (Å²) in [6.45, 7) is 3.19. The molecule has 0 saturated heterocycles. The van der Waals surface area contributed by atoms with Gasteiger partial charge in [-0.2, -0.15) is 0 Å². The van der Waals surface area contributed by atoms with Crippen molar-refractivity contribution in [2.45, 2.75) is 32.7 Å². The highest BCUT2D eigenvalue weighted by Crippen LogP contribution is 2.27. The molecule has 0 aliphatic carbocycles. The van der Waals surface area contributed by atoms with Crippen molar-refractivity contribution in [3.05, 3.63) is 70.8 Å². The number of aromatic nitrogens is 3. The maximum Gasteiger partial charge on any atom is 0.326 e. The number of aliphatic carboxylic acids is 1. The number of rotatable bonds is 9. The molecule has 10 heteroatoms. The highest BCUT2D eigenvalue weighted by Gasteiger charge is 2.20. The predicted molar refractivity (Wildman–Crippen MR) is 128 cm³/mol. The Morgan fingerprint density at radius 1 is 1.20 bits per heavy atom. The monoisotopic (exact) mass is 476 g/mol. The van der Waals surface area contributed by atoms with E-state index in [2.05, 4.69) is 15.5 Å². The Hall–Kier alpha value is -4.47. The average Bonchev–Trinajstić information content (AvgIpc) is 3.36. The van der Waals surface area contributed by atoms with Gasteiger partial charge in [-0.05, 0) is 36.6 Å². The fourth-order valence-corrected chi connectivity index (χ4v) is 3.68. The number of hydrogen-bond donors (Lipinski definition) is 2. The number of aryl methyl sites for hydroxylation is 1. The summed E-state index contributed by atoms with van der Waals surface area (Å²) in [6.07, 6.45) is 3.64. The Bertz CT molecular complexity index is 1430. The molecule has 2 aromatic heterocycles. The van der Waals surface area contributed by atoms with Gasteiger partial charge in [0.1, 0.15) is 35.5 Å². The van der Waals surface area contributed by atoms with Crippen molar-refractivity contribution < 1.29 is 23.8 Å². The summed E-state index contributed by atoms with van der Waals surface area (Å²) >= 11 is 0. The van der Waals surface area contributed by atoms with E-state index in [0.717, 1.165) is 5.69 Å². The molecule has 4 rings (SSSR count). The lowest BCUT2D eigenvalue weighted by Gasteiger charge is -2.14. The molecule has 2 N–H and O–H groups in total. The minimum atomic E-state index is -1.11. The molecule has 0 aliphatic rings. The number of nitrogens with zero attached hydrogens (tertiary/aromatic N) is 3. The number of benzene rings is 2. The SMILES string of the molecule is CCc1cc2c(=O)c(-c3nncn3-c3ccccc3)coc2cc1OCC(=O)N[C@H](CC)C(=O)O. The van der Waals surface area contributed by atoms with E-state index in [9.17, 15) is 14.4 Å². The number of fused-ring (bicyclic) bond motifs is 1. The second kappa shape index (κ2) is 10.2. The van der Waals surface area contributed by atoms with E-state index in [0.29, 0.717) is 28.9 Å². The van der Waals surface area contributed by atoms with Crippen molar-refractivity contribution in [3.8, 4) is 22.8 Å². The van der Waals surface area contributed by atoms with E-state index >= 15 is 0 Å². The first kappa shape index (κ1) is 23.7. The Kier molecular flexibility index (Phi) is 6.91. The highest BCUT2D eigenvalue weighted by atomic mass is 16.5. The second-order valence-corrected chi connectivity index (χ2v) is 7.80. The molecule has 0 aliphatic heterocycles. The van der Waals surface area contributed by atoms with Crippen LogP contribution in [0.25, 0.3) is 28.0 Å². The quantitative estimate of drug-likeness (QED) is 0.376. The van der Waals surface area contributed by atoms with Crippen LogP contribution in [-0.2, 0) is 16.0 Å². The second-order valence-electron chi connectivity index (χ2n) is 7.80. The smallest absolute Gasteiger partial charge is 0.326 e. The van der Waals surface area contributed by atoms with Crippen molar-refractivity contribution in [1.82, 2.24) is 20.1 Å². The van der Waals surface area contributed by atoms with Gasteiger partial charge in [0.05, 0.1) is 5.39 Å². The lowest BCUT2D eigenvalue weighted by atomic mass is 10.1. The van der Waals surface area contributed by atoms with Gasteiger partial charge in [-0.25, -0.2) is 4.79 Å². The summed E-state index contributed by atoms with van der Waals surface area (Å²) in [4.78, 5) is 36.6. The summed E-state index contributed by atoms with van der Waals surface area (Å²) in [6, 6.07) is 11.6. The van der Waals surface area contributed by atoms with Crippen LogP contribution in [0.1, 0.15) is 25.8 Å². The Morgan fingerprint density at radius 3 is 2.66 bits per heavy atom. The minimum absolute atomic E-state index is 0.253. The fraction of sp³-hybridized carbons (Fsp3) is 0.240. The molecule has 0 unspecified atom stereocenters. The molecule has 1 atom stereocenters. The maximum absolute atomic E-state index is 13.4. The van der Waals surface area contributed by atoms with Crippen LogP contribution in [0.5, 0.6) is 5.75 Å². The highest BCUT2D eigenvalue weighted by molar-refractivity contribution is 5.85. The molecule has 35 heavy (non-hydrogen) atoms. The van der Waals surface area contributed by atoms with Crippen molar-refractivity contribution in [2.75, 3.05) is 6.61 Å². The first-order chi connectivity index (χ1) is 16.9. The van der Waals surface area contributed by atoms with E-state index in [-0.39, 0.29) is 29.6 Å². The molecule has 2 heterocycles. The summed E-state index contributed by atoms with van der Waals surface area (Å²) in [5, 5.41) is 19.9. The zero-order chi connectivity index (χ0) is 24.9. The average molecular weight is 476 g/mol. The zero-order valence-electron chi connectivity index (χ0n) is 19.2. The summed E-state index contributed by atoms with van der Waals surface area (Å²) in [7, 11) is 0.